The van der Waals surface area contributed by atoms with Crippen LogP contribution >= 0.6 is 0 Å². The number of aromatic nitrogens is 2. The molecule has 0 aliphatic rings. The lowest BCUT2D eigenvalue weighted by Gasteiger charge is -2.20. The maximum Gasteiger partial charge on any atom is 0.151 e. The number of hydrogen-bond donors (Lipinski definition) is 1. The Balaban J connectivity index is 2.31. The van der Waals surface area contributed by atoms with Crippen LogP contribution in [-0.4, -0.2) is 41.8 Å². The molecule has 0 aliphatic heterocycles. The van der Waals surface area contributed by atoms with E-state index in [1.807, 2.05) is 0 Å². The van der Waals surface area contributed by atoms with Crippen LogP contribution in [0.1, 0.15) is 19.5 Å². The number of rotatable bonds is 5. The average molecular weight is 265 g/mol. The summed E-state index contributed by atoms with van der Waals surface area (Å²) in [6.45, 7) is 5.17. The molecular weight excluding hydrogens is 245 g/mol. The zero-order chi connectivity index (χ0) is 14.0. The van der Waals surface area contributed by atoms with Crippen molar-refractivity contribution < 1.29 is 9.13 Å². The third-order valence-corrected chi connectivity index (χ3v) is 3.51. The predicted molar refractivity (Wildman–Crippen MR) is 74.1 cm³/mol. The minimum absolute atomic E-state index is 0.324. The van der Waals surface area contributed by atoms with E-state index in [0.29, 0.717) is 17.3 Å². The first-order valence-corrected chi connectivity index (χ1v) is 6.44. The molecule has 0 radical (unpaired) electrons. The van der Waals surface area contributed by atoms with Gasteiger partial charge in [-0.05, 0) is 33.0 Å². The van der Waals surface area contributed by atoms with Crippen molar-refractivity contribution in [3.63, 3.8) is 0 Å². The van der Waals surface area contributed by atoms with Crippen molar-refractivity contribution in [1.82, 2.24) is 15.1 Å². The molecule has 0 atom stereocenters. The van der Waals surface area contributed by atoms with E-state index in [1.54, 1.807) is 13.2 Å². The van der Waals surface area contributed by atoms with Gasteiger partial charge < -0.3 is 9.64 Å². The molecule has 0 unspecified atom stereocenters. The number of aromatic amines is 1. The van der Waals surface area contributed by atoms with Crippen LogP contribution in [0.5, 0.6) is 5.75 Å². The molecule has 0 spiro atoms. The Hall–Kier alpha value is -1.62. The van der Waals surface area contributed by atoms with E-state index in [-0.39, 0.29) is 5.82 Å². The van der Waals surface area contributed by atoms with Gasteiger partial charge in [0.25, 0.3) is 0 Å². The number of nitrogens with one attached hydrogen (secondary N) is 1. The Morgan fingerprint density at radius 2 is 2.16 bits per heavy atom. The van der Waals surface area contributed by atoms with Crippen LogP contribution < -0.4 is 4.74 Å². The van der Waals surface area contributed by atoms with Crippen molar-refractivity contribution >= 4 is 10.9 Å². The van der Waals surface area contributed by atoms with Crippen LogP contribution in [0.15, 0.2) is 12.1 Å². The summed E-state index contributed by atoms with van der Waals surface area (Å²) in [5.41, 5.74) is 1.26. The fourth-order valence-corrected chi connectivity index (χ4v) is 2.02. The highest BCUT2D eigenvalue weighted by atomic mass is 19.1. The number of likely N-dealkylation sites (N-methyl/N-ethyl adjacent to an activating group) is 1. The van der Waals surface area contributed by atoms with Crippen LogP contribution in [0.3, 0.4) is 0 Å². The quantitative estimate of drug-likeness (QED) is 0.903. The number of H-pyrrole nitrogens is 1. The number of nitrogens with zero attached hydrogens (tertiary/aromatic N) is 2. The summed E-state index contributed by atoms with van der Waals surface area (Å²) in [6, 6.07) is 3.50. The van der Waals surface area contributed by atoms with E-state index in [2.05, 4.69) is 36.0 Å². The zero-order valence-corrected chi connectivity index (χ0v) is 11.8. The molecule has 0 bridgehead atoms. The number of benzene rings is 1. The van der Waals surface area contributed by atoms with Crippen molar-refractivity contribution in [2.75, 3.05) is 20.7 Å². The van der Waals surface area contributed by atoms with Gasteiger partial charge in [0.15, 0.2) is 5.82 Å². The molecule has 4 nitrogen and oxygen atoms in total. The second kappa shape index (κ2) is 5.57. The highest BCUT2D eigenvalue weighted by Gasteiger charge is 2.15. The van der Waals surface area contributed by atoms with E-state index in [1.165, 1.54) is 6.07 Å². The molecule has 1 aromatic heterocycles. The van der Waals surface area contributed by atoms with Gasteiger partial charge in [-0.3, -0.25) is 5.10 Å². The molecule has 0 saturated heterocycles. The Morgan fingerprint density at radius 1 is 1.42 bits per heavy atom. The SMILES string of the molecule is COc1ccc(F)c2n[nH]c(CCN(C)C(C)C)c12. The summed E-state index contributed by atoms with van der Waals surface area (Å²) in [5.74, 6) is 0.336. The third-order valence-electron chi connectivity index (χ3n) is 3.51. The highest BCUT2D eigenvalue weighted by Crippen LogP contribution is 2.29. The molecular formula is C14H20FN3O. The molecule has 0 amide bonds. The summed E-state index contributed by atoms with van der Waals surface area (Å²) in [7, 11) is 3.66. The first kappa shape index (κ1) is 13.8. The number of hydrogen-bond acceptors (Lipinski definition) is 3. The first-order valence-electron chi connectivity index (χ1n) is 6.44. The van der Waals surface area contributed by atoms with Crippen molar-refractivity contribution in [2.45, 2.75) is 26.3 Å². The van der Waals surface area contributed by atoms with E-state index in [0.717, 1.165) is 24.0 Å². The topological polar surface area (TPSA) is 41.1 Å². The van der Waals surface area contributed by atoms with Crippen LogP contribution in [0, 0.1) is 5.82 Å². The molecule has 1 aromatic carbocycles. The molecule has 104 valence electrons. The summed E-state index contributed by atoms with van der Waals surface area (Å²) in [6.07, 6.45) is 0.783. The monoisotopic (exact) mass is 265 g/mol. The lowest BCUT2D eigenvalue weighted by molar-refractivity contribution is 0.277. The van der Waals surface area contributed by atoms with Gasteiger partial charge in [0, 0.05) is 24.7 Å². The first-order chi connectivity index (χ1) is 9.04. The van der Waals surface area contributed by atoms with Gasteiger partial charge >= 0.3 is 0 Å². The number of methoxy groups -OCH3 is 1. The molecule has 19 heavy (non-hydrogen) atoms. The summed E-state index contributed by atoms with van der Waals surface area (Å²) < 4.78 is 19.0. The third kappa shape index (κ3) is 2.71. The zero-order valence-electron chi connectivity index (χ0n) is 11.8. The Bertz CT molecular complexity index is 565. The lowest BCUT2D eigenvalue weighted by Crippen LogP contribution is -2.28. The lowest BCUT2D eigenvalue weighted by atomic mass is 10.1. The van der Waals surface area contributed by atoms with Gasteiger partial charge in [-0.15, -0.1) is 0 Å². The fourth-order valence-electron chi connectivity index (χ4n) is 2.02. The molecule has 0 fully saturated rings. The highest BCUT2D eigenvalue weighted by molar-refractivity contribution is 5.88. The smallest absolute Gasteiger partial charge is 0.151 e. The average Bonchev–Trinajstić information content (AvgIpc) is 2.81. The maximum atomic E-state index is 13.7. The van der Waals surface area contributed by atoms with E-state index < -0.39 is 0 Å². The predicted octanol–water partition coefficient (Wildman–Crippen LogP) is 2.59. The van der Waals surface area contributed by atoms with Crippen molar-refractivity contribution in [3.05, 3.63) is 23.6 Å². The molecule has 2 aromatic rings. The maximum absolute atomic E-state index is 13.7. The Morgan fingerprint density at radius 3 is 2.79 bits per heavy atom. The summed E-state index contributed by atoms with van der Waals surface area (Å²) >= 11 is 0. The minimum Gasteiger partial charge on any atom is -0.496 e. The van der Waals surface area contributed by atoms with Crippen molar-refractivity contribution in [1.29, 1.82) is 0 Å². The van der Waals surface area contributed by atoms with Gasteiger partial charge in [0.1, 0.15) is 11.3 Å². The minimum atomic E-state index is -0.324. The van der Waals surface area contributed by atoms with Crippen LogP contribution in [0.25, 0.3) is 10.9 Å². The van der Waals surface area contributed by atoms with Gasteiger partial charge in [-0.2, -0.15) is 5.10 Å². The molecule has 0 saturated carbocycles. The van der Waals surface area contributed by atoms with Gasteiger partial charge in [0.2, 0.25) is 0 Å². The van der Waals surface area contributed by atoms with E-state index in [9.17, 15) is 4.39 Å². The summed E-state index contributed by atoms with van der Waals surface area (Å²) in [4.78, 5) is 2.23. The molecule has 1 heterocycles. The molecule has 5 heteroatoms. The second-order valence-corrected chi connectivity index (χ2v) is 5.00. The largest absolute Gasteiger partial charge is 0.496 e. The molecule has 0 aliphatic carbocycles. The van der Waals surface area contributed by atoms with Crippen molar-refractivity contribution in [2.24, 2.45) is 0 Å². The standard InChI is InChI=1S/C14H20FN3O/c1-9(2)18(3)8-7-11-13-12(19-4)6-5-10(15)14(13)17-16-11/h5-6,9H,7-8H2,1-4H3,(H,16,17). The molecule has 2 rings (SSSR count). The van der Waals surface area contributed by atoms with Gasteiger partial charge in [-0.25, -0.2) is 4.39 Å². The van der Waals surface area contributed by atoms with Crippen LogP contribution in [-0.2, 0) is 6.42 Å². The normalized spacial score (nSPS) is 11.7. The number of ether oxygens (including phenoxy) is 1. The number of fused-ring (bicyclic) bond motifs is 1. The fraction of sp³-hybridized carbons (Fsp3) is 0.500. The second-order valence-electron chi connectivity index (χ2n) is 5.00. The number of halogens is 1. The van der Waals surface area contributed by atoms with Gasteiger partial charge in [0.05, 0.1) is 12.5 Å². The Kier molecular flexibility index (Phi) is 4.04. The Labute approximate surface area is 112 Å². The van der Waals surface area contributed by atoms with Gasteiger partial charge in [-0.1, -0.05) is 0 Å². The summed E-state index contributed by atoms with van der Waals surface area (Å²) in [5, 5.41) is 7.73. The van der Waals surface area contributed by atoms with E-state index in [4.69, 9.17) is 4.74 Å². The van der Waals surface area contributed by atoms with Crippen LogP contribution in [0.4, 0.5) is 4.39 Å². The van der Waals surface area contributed by atoms with Crippen LogP contribution in [0.2, 0.25) is 0 Å². The van der Waals surface area contributed by atoms with E-state index >= 15 is 0 Å². The van der Waals surface area contributed by atoms with Crippen molar-refractivity contribution in [3.8, 4) is 5.75 Å². The molecule has 1 N–H and O–H groups in total.